The van der Waals surface area contributed by atoms with Gasteiger partial charge in [0, 0.05) is 22.5 Å². The van der Waals surface area contributed by atoms with E-state index in [1.807, 2.05) is 11.6 Å². The van der Waals surface area contributed by atoms with E-state index in [1.54, 1.807) is 22.7 Å². The van der Waals surface area contributed by atoms with Crippen LogP contribution in [0.4, 0.5) is 5.82 Å². The molecule has 6 heteroatoms. The predicted octanol–water partition coefficient (Wildman–Crippen LogP) is 4.61. The van der Waals surface area contributed by atoms with E-state index in [2.05, 4.69) is 40.7 Å². The molecule has 0 saturated carbocycles. The molecule has 0 amide bonds. The van der Waals surface area contributed by atoms with Crippen LogP contribution in [-0.4, -0.2) is 15.4 Å². The van der Waals surface area contributed by atoms with Crippen molar-refractivity contribution in [3.63, 3.8) is 0 Å². The molecule has 0 unspecified atom stereocenters. The summed E-state index contributed by atoms with van der Waals surface area (Å²) in [7, 11) is 0. The van der Waals surface area contributed by atoms with E-state index >= 15 is 0 Å². The van der Waals surface area contributed by atoms with Crippen molar-refractivity contribution in [2.75, 3.05) is 4.90 Å². The molecule has 0 aliphatic carbocycles. The van der Waals surface area contributed by atoms with E-state index in [9.17, 15) is 0 Å². The number of aromatic nitrogens is 2. The van der Waals surface area contributed by atoms with Crippen LogP contribution >= 0.6 is 34.3 Å². The Hall–Kier alpha value is -1.04. The van der Waals surface area contributed by atoms with Gasteiger partial charge in [0.15, 0.2) is 10.8 Å². The van der Waals surface area contributed by atoms with Gasteiger partial charge in [0.05, 0.1) is 18.1 Å². The molecule has 106 valence electrons. The summed E-state index contributed by atoms with van der Waals surface area (Å²) in [6.45, 7) is 5.27. The highest BCUT2D eigenvalue weighted by atomic mass is 35.5. The summed E-state index contributed by atoms with van der Waals surface area (Å²) in [5, 5.41) is 4.16. The van der Waals surface area contributed by atoms with Crippen molar-refractivity contribution in [2.45, 2.75) is 32.3 Å². The quantitative estimate of drug-likeness (QED) is 0.638. The molecular weight excluding hydrogens is 310 g/mol. The number of nitrogens with zero attached hydrogens (tertiary/aromatic N) is 3. The molecule has 0 aliphatic heterocycles. The summed E-state index contributed by atoms with van der Waals surface area (Å²) in [5.41, 5.74) is 1.08. The third kappa shape index (κ3) is 2.45. The SMILES string of the molecule is CC(C)N(Cc1cccs1)c1nc2sccn2c1CCl. The van der Waals surface area contributed by atoms with Gasteiger partial charge in [-0.25, -0.2) is 4.98 Å². The van der Waals surface area contributed by atoms with Crippen LogP contribution in [0.5, 0.6) is 0 Å². The van der Waals surface area contributed by atoms with E-state index in [1.165, 1.54) is 4.88 Å². The van der Waals surface area contributed by atoms with Gasteiger partial charge in [0.2, 0.25) is 0 Å². The number of hydrogen-bond acceptors (Lipinski definition) is 4. The minimum absolute atomic E-state index is 0.378. The molecule has 0 aromatic carbocycles. The van der Waals surface area contributed by atoms with E-state index in [0.29, 0.717) is 11.9 Å². The number of halogens is 1. The zero-order valence-corrected chi connectivity index (χ0v) is 13.8. The van der Waals surface area contributed by atoms with Crippen molar-refractivity contribution < 1.29 is 0 Å². The first-order chi connectivity index (χ1) is 9.70. The van der Waals surface area contributed by atoms with Crippen molar-refractivity contribution >= 4 is 45.1 Å². The van der Waals surface area contributed by atoms with Crippen molar-refractivity contribution in [3.8, 4) is 0 Å². The lowest BCUT2D eigenvalue weighted by atomic mass is 10.2. The number of imidazole rings is 1. The number of fused-ring (bicyclic) bond motifs is 1. The van der Waals surface area contributed by atoms with Gasteiger partial charge in [0.1, 0.15) is 0 Å². The molecule has 0 N–H and O–H groups in total. The Morgan fingerprint density at radius 1 is 1.35 bits per heavy atom. The second kappa shape index (κ2) is 5.76. The molecule has 0 fully saturated rings. The minimum atomic E-state index is 0.378. The van der Waals surface area contributed by atoms with E-state index in [0.717, 1.165) is 23.0 Å². The van der Waals surface area contributed by atoms with Crippen molar-refractivity contribution in [3.05, 3.63) is 39.7 Å². The lowest BCUT2D eigenvalue weighted by Crippen LogP contribution is -2.31. The van der Waals surface area contributed by atoms with Crippen LogP contribution in [0.15, 0.2) is 29.1 Å². The van der Waals surface area contributed by atoms with Crippen molar-refractivity contribution in [2.24, 2.45) is 0 Å². The summed E-state index contributed by atoms with van der Waals surface area (Å²) in [6, 6.07) is 4.63. The number of anilines is 1. The second-order valence-electron chi connectivity index (χ2n) is 4.87. The maximum absolute atomic E-state index is 6.16. The monoisotopic (exact) mass is 325 g/mol. The first-order valence-electron chi connectivity index (χ1n) is 6.50. The molecular formula is C14H16ClN3S2. The van der Waals surface area contributed by atoms with Crippen molar-refractivity contribution in [1.29, 1.82) is 0 Å². The van der Waals surface area contributed by atoms with E-state index < -0.39 is 0 Å². The Kier molecular flexibility index (Phi) is 4.01. The summed E-state index contributed by atoms with van der Waals surface area (Å²) in [5.74, 6) is 1.48. The highest BCUT2D eigenvalue weighted by Gasteiger charge is 2.21. The average Bonchev–Trinajstić information content (AvgIpc) is 3.11. The maximum atomic E-state index is 6.16. The molecule has 3 aromatic heterocycles. The minimum Gasteiger partial charge on any atom is -0.347 e. The molecule has 3 heterocycles. The second-order valence-corrected chi connectivity index (χ2v) is 7.04. The lowest BCUT2D eigenvalue weighted by molar-refractivity contribution is 0.676. The van der Waals surface area contributed by atoms with Crippen LogP contribution in [-0.2, 0) is 12.4 Å². The largest absolute Gasteiger partial charge is 0.347 e. The smallest absolute Gasteiger partial charge is 0.195 e. The van der Waals surface area contributed by atoms with Gasteiger partial charge in [-0.3, -0.25) is 4.40 Å². The molecule has 20 heavy (non-hydrogen) atoms. The lowest BCUT2D eigenvalue weighted by Gasteiger charge is -2.27. The molecule has 3 nitrogen and oxygen atoms in total. The summed E-state index contributed by atoms with van der Waals surface area (Å²) < 4.78 is 2.09. The molecule has 0 spiro atoms. The van der Waals surface area contributed by atoms with Gasteiger partial charge < -0.3 is 4.90 Å². The highest BCUT2D eigenvalue weighted by molar-refractivity contribution is 7.15. The molecule has 3 aromatic rings. The Morgan fingerprint density at radius 2 is 2.20 bits per heavy atom. The van der Waals surface area contributed by atoms with Gasteiger partial charge in [-0.2, -0.15) is 0 Å². The molecule has 3 rings (SSSR count). The van der Waals surface area contributed by atoms with Crippen LogP contribution < -0.4 is 4.90 Å². The highest BCUT2D eigenvalue weighted by Crippen LogP contribution is 2.29. The standard InChI is InChI=1S/C14H16ClN3S2/c1-10(2)18(9-11-4-3-6-19-11)13-12(8-15)17-5-7-20-14(17)16-13/h3-7,10H,8-9H2,1-2H3. The Morgan fingerprint density at radius 3 is 2.85 bits per heavy atom. The zero-order valence-electron chi connectivity index (χ0n) is 11.4. The molecule has 0 saturated heterocycles. The molecule has 0 aliphatic rings. The third-order valence-electron chi connectivity index (χ3n) is 3.27. The van der Waals surface area contributed by atoms with Gasteiger partial charge in [-0.05, 0) is 25.3 Å². The first-order valence-corrected chi connectivity index (χ1v) is 8.79. The van der Waals surface area contributed by atoms with E-state index in [4.69, 9.17) is 16.6 Å². The molecule has 0 radical (unpaired) electrons. The summed E-state index contributed by atoms with van der Waals surface area (Å²) in [4.78, 5) is 9.45. The zero-order chi connectivity index (χ0) is 14.1. The Bertz CT molecular complexity index is 684. The van der Waals surface area contributed by atoms with Gasteiger partial charge in [0.25, 0.3) is 0 Å². The number of rotatable bonds is 5. The molecule has 0 bridgehead atoms. The molecule has 0 atom stereocenters. The fourth-order valence-electron chi connectivity index (χ4n) is 2.25. The normalized spacial score (nSPS) is 11.6. The third-order valence-corrected chi connectivity index (χ3v) is 5.14. The topological polar surface area (TPSA) is 20.5 Å². The van der Waals surface area contributed by atoms with Gasteiger partial charge >= 0.3 is 0 Å². The maximum Gasteiger partial charge on any atom is 0.195 e. The number of alkyl halides is 1. The van der Waals surface area contributed by atoms with Crippen LogP contribution in [0, 0.1) is 0 Å². The fourth-order valence-corrected chi connectivity index (χ4v) is 3.93. The number of thiophene rings is 1. The average molecular weight is 326 g/mol. The number of thiazole rings is 1. The van der Waals surface area contributed by atoms with Crippen molar-refractivity contribution in [1.82, 2.24) is 9.38 Å². The van der Waals surface area contributed by atoms with Crippen LogP contribution in [0.2, 0.25) is 0 Å². The first kappa shape index (κ1) is 13.9. The van der Waals surface area contributed by atoms with Crippen LogP contribution in [0.3, 0.4) is 0 Å². The predicted molar refractivity (Wildman–Crippen MR) is 88.3 cm³/mol. The Balaban J connectivity index is 2.02. The summed E-state index contributed by atoms with van der Waals surface area (Å²) in [6.07, 6.45) is 2.04. The Labute approximate surface area is 131 Å². The van der Waals surface area contributed by atoms with Crippen LogP contribution in [0.25, 0.3) is 4.96 Å². The fraction of sp³-hybridized carbons (Fsp3) is 0.357. The summed E-state index contributed by atoms with van der Waals surface area (Å²) >= 11 is 9.58. The van der Waals surface area contributed by atoms with Crippen LogP contribution in [0.1, 0.15) is 24.4 Å². The van der Waals surface area contributed by atoms with E-state index in [-0.39, 0.29) is 0 Å². The van der Waals surface area contributed by atoms with Gasteiger partial charge in [-0.15, -0.1) is 34.3 Å². The number of hydrogen-bond donors (Lipinski definition) is 0. The van der Waals surface area contributed by atoms with Gasteiger partial charge in [-0.1, -0.05) is 6.07 Å².